The SMILES string of the molecule is COC(=O)N(Cc1cc(C(F)(F)F)cc(C(F)(F)F)c1)C1CC(C2CCCC2)N(C(=O)OC(C)(C)C)c2ccc(C(F)(F)F)cc21. The Morgan fingerprint density at radius 3 is 1.85 bits per heavy atom. The molecule has 6 nitrogen and oxygen atoms in total. The number of benzene rings is 2. The van der Waals surface area contributed by atoms with E-state index in [2.05, 4.69) is 0 Å². The zero-order valence-corrected chi connectivity index (χ0v) is 25.4. The second-order valence-electron chi connectivity index (χ2n) is 12.5. The van der Waals surface area contributed by atoms with Crippen molar-refractivity contribution in [3.63, 3.8) is 0 Å². The molecule has 4 rings (SSSR count). The molecule has 2 atom stereocenters. The van der Waals surface area contributed by atoms with E-state index < -0.39 is 77.2 Å². The van der Waals surface area contributed by atoms with E-state index in [0.717, 1.165) is 43.1 Å². The van der Waals surface area contributed by atoms with Gasteiger partial charge in [-0.1, -0.05) is 12.8 Å². The lowest BCUT2D eigenvalue weighted by atomic mass is 9.82. The minimum atomic E-state index is -5.17. The van der Waals surface area contributed by atoms with Gasteiger partial charge in [0.05, 0.1) is 35.5 Å². The topological polar surface area (TPSA) is 59.1 Å². The Labute approximate surface area is 259 Å². The van der Waals surface area contributed by atoms with Crippen molar-refractivity contribution in [1.82, 2.24) is 4.90 Å². The number of carbonyl (C=O) groups is 2. The number of amides is 2. The highest BCUT2D eigenvalue weighted by atomic mass is 19.4. The molecule has 2 aromatic carbocycles. The van der Waals surface area contributed by atoms with Crippen molar-refractivity contribution in [2.45, 2.75) is 95.6 Å². The van der Waals surface area contributed by atoms with E-state index in [4.69, 9.17) is 9.47 Å². The van der Waals surface area contributed by atoms with Crippen LogP contribution in [0.2, 0.25) is 0 Å². The lowest BCUT2D eigenvalue weighted by Crippen LogP contribution is -2.52. The van der Waals surface area contributed by atoms with Crippen LogP contribution in [-0.2, 0) is 34.5 Å². The van der Waals surface area contributed by atoms with Crippen LogP contribution in [0.25, 0.3) is 0 Å². The second-order valence-corrected chi connectivity index (χ2v) is 12.5. The van der Waals surface area contributed by atoms with Gasteiger partial charge in [0.25, 0.3) is 0 Å². The maximum absolute atomic E-state index is 13.9. The molecule has 0 saturated heterocycles. The summed E-state index contributed by atoms with van der Waals surface area (Å²) in [4.78, 5) is 28.9. The molecule has 1 aliphatic heterocycles. The highest BCUT2D eigenvalue weighted by Crippen LogP contribution is 2.48. The molecule has 2 aromatic rings. The predicted molar refractivity (Wildman–Crippen MR) is 148 cm³/mol. The summed E-state index contributed by atoms with van der Waals surface area (Å²) in [5, 5.41) is 0. The predicted octanol–water partition coefficient (Wildman–Crippen LogP) is 9.76. The number of nitrogens with zero attached hydrogens (tertiary/aromatic N) is 2. The fourth-order valence-electron chi connectivity index (χ4n) is 6.17. The van der Waals surface area contributed by atoms with Crippen molar-refractivity contribution in [2.75, 3.05) is 12.0 Å². The number of anilines is 1. The number of carbonyl (C=O) groups excluding carboxylic acids is 2. The Balaban J connectivity index is 1.92. The Morgan fingerprint density at radius 1 is 0.826 bits per heavy atom. The second kappa shape index (κ2) is 12.5. The average Bonchev–Trinajstić information content (AvgIpc) is 3.47. The fraction of sp³-hybridized carbons (Fsp3) is 0.548. The molecule has 0 aromatic heterocycles. The van der Waals surface area contributed by atoms with Gasteiger partial charge in [0.2, 0.25) is 0 Å². The van der Waals surface area contributed by atoms with Gasteiger partial charge in [0.15, 0.2) is 0 Å². The molecule has 15 heteroatoms. The number of fused-ring (bicyclic) bond motifs is 1. The first kappa shape index (κ1) is 35.2. The fourth-order valence-corrected chi connectivity index (χ4v) is 6.17. The maximum Gasteiger partial charge on any atom is 0.416 e. The van der Waals surface area contributed by atoms with Crippen molar-refractivity contribution in [3.8, 4) is 0 Å². The first-order valence-corrected chi connectivity index (χ1v) is 14.5. The molecule has 0 spiro atoms. The summed E-state index contributed by atoms with van der Waals surface area (Å²) in [6, 6.07) is 1.32. The van der Waals surface area contributed by atoms with Gasteiger partial charge in [-0.15, -0.1) is 0 Å². The van der Waals surface area contributed by atoms with Gasteiger partial charge in [0.1, 0.15) is 5.60 Å². The largest absolute Gasteiger partial charge is 0.453 e. The maximum atomic E-state index is 13.9. The zero-order valence-electron chi connectivity index (χ0n) is 25.4. The summed E-state index contributed by atoms with van der Waals surface area (Å²) in [6.07, 6.45) is -14.6. The van der Waals surface area contributed by atoms with Crippen LogP contribution in [0.5, 0.6) is 0 Å². The van der Waals surface area contributed by atoms with E-state index >= 15 is 0 Å². The van der Waals surface area contributed by atoms with Crippen LogP contribution in [0.3, 0.4) is 0 Å². The molecule has 1 heterocycles. The molecular weight excluding hydrogens is 635 g/mol. The molecule has 1 aliphatic carbocycles. The van der Waals surface area contributed by atoms with E-state index in [1.807, 2.05) is 0 Å². The summed E-state index contributed by atoms with van der Waals surface area (Å²) < 4.78 is 134. The van der Waals surface area contributed by atoms with Crippen LogP contribution in [0.15, 0.2) is 36.4 Å². The smallest absolute Gasteiger partial charge is 0.416 e. The minimum absolute atomic E-state index is 0.0238. The van der Waals surface area contributed by atoms with Crippen LogP contribution in [0.4, 0.5) is 54.8 Å². The van der Waals surface area contributed by atoms with Crippen LogP contribution in [0, 0.1) is 5.92 Å². The molecule has 254 valence electrons. The normalized spacial score (nSPS) is 19.5. The number of rotatable bonds is 4. The first-order valence-electron chi connectivity index (χ1n) is 14.5. The quantitative estimate of drug-likeness (QED) is 0.305. The van der Waals surface area contributed by atoms with E-state index in [1.165, 1.54) is 4.90 Å². The van der Waals surface area contributed by atoms with Crippen molar-refractivity contribution >= 4 is 17.9 Å². The molecule has 0 radical (unpaired) electrons. The van der Waals surface area contributed by atoms with Crippen molar-refractivity contribution in [1.29, 1.82) is 0 Å². The Hall–Kier alpha value is -3.65. The van der Waals surface area contributed by atoms with Gasteiger partial charge in [-0.05, 0) is 93.5 Å². The zero-order chi connectivity index (χ0) is 34.4. The number of ether oxygens (including phenoxy) is 2. The standard InChI is InChI=1S/C31H33F9N2O4/c1-28(2,3)46-27(44)42-23-10-9-19(29(32,33)34)14-22(23)25(15-24(42)18-7-5-6-8-18)41(26(43)45-4)16-17-11-20(30(35,36)37)13-21(12-17)31(38,39)40/h9-14,18,24-25H,5-8,15-16H2,1-4H3. The number of halogens is 9. The van der Waals surface area contributed by atoms with Crippen LogP contribution in [-0.4, -0.2) is 35.8 Å². The molecule has 46 heavy (non-hydrogen) atoms. The third-order valence-electron chi connectivity index (χ3n) is 8.09. The van der Waals surface area contributed by atoms with Gasteiger partial charge in [-0.2, -0.15) is 39.5 Å². The van der Waals surface area contributed by atoms with E-state index in [9.17, 15) is 49.1 Å². The summed E-state index contributed by atoms with van der Waals surface area (Å²) in [5.41, 5.74) is -6.16. The Morgan fingerprint density at radius 2 is 1.37 bits per heavy atom. The minimum Gasteiger partial charge on any atom is -0.453 e. The molecule has 1 saturated carbocycles. The Kier molecular flexibility index (Phi) is 9.58. The summed E-state index contributed by atoms with van der Waals surface area (Å²) in [5.74, 6) is -0.185. The molecule has 2 amide bonds. The number of methoxy groups -OCH3 is 1. The first-order chi connectivity index (χ1) is 21.1. The number of hydrogen-bond donors (Lipinski definition) is 0. The molecule has 2 unspecified atom stereocenters. The third-order valence-corrected chi connectivity index (χ3v) is 8.09. The molecule has 1 fully saturated rings. The lowest BCUT2D eigenvalue weighted by molar-refractivity contribution is -0.143. The third kappa shape index (κ3) is 7.83. The number of hydrogen-bond acceptors (Lipinski definition) is 4. The monoisotopic (exact) mass is 668 g/mol. The van der Waals surface area contributed by atoms with E-state index in [0.29, 0.717) is 25.0 Å². The van der Waals surface area contributed by atoms with Crippen LogP contribution in [0.1, 0.15) is 86.7 Å². The van der Waals surface area contributed by atoms with Crippen LogP contribution < -0.4 is 4.90 Å². The molecule has 0 N–H and O–H groups in total. The summed E-state index contributed by atoms with van der Waals surface area (Å²) >= 11 is 0. The van der Waals surface area contributed by atoms with Gasteiger partial charge in [-0.25, -0.2) is 9.59 Å². The Bertz CT molecular complexity index is 1410. The average molecular weight is 669 g/mol. The lowest BCUT2D eigenvalue weighted by Gasteiger charge is -2.46. The van der Waals surface area contributed by atoms with Crippen LogP contribution >= 0.6 is 0 Å². The van der Waals surface area contributed by atoms with Crippen molar-refractivity contribution in [2.24, 2.45) is 5.92 Å². The molecule has 2 aliphatic rings. The van der Waals surface area contributed by atoms with E-state index in [1.54, 1.807) is 20.8 Å². The van der Waals surface area contributed by atoms with E-state index in [-0.39, 0.29) is 29.7 Å². The van der Waals surface area contributed by atoms with Crippen molar-refractivity contribution < 1.29 is 58.6 Å². The summed E-state index contributed by atoms with van der Waals surface area (Å²) in [7, 11) is 0.930. The van der Waals surface area contributed by atoms with Gasteiger partial charge >= 0.3 is 30.7 Å². The van der Waals surface area contributed by atoms with Gasteiger partial charge in [-0.3, -0.25) is 9.80 Å². The highest BCUT2D eigenvalue weighted by Gasteiger charge is 2.46. The molecule has 0 bridgehead atoms. The highest BCUT2D eigenvalue weighted by molar-refractivity contribution is 5.91. The summed E-state index contributed by atoms with van der Waals surface area (Å²) in [6.45, 7) is 3.96. The van der Waals surface area contributed by atoms with Crippen molar-refractivity contribution in [3.05, 3.63) is 64.2 Å². The molecular formula is C31H33F9N2O4. The number of alkyl halides is 9. The van der Waals surface area contributed by atoms with Gasteiger partial charge < -0.3 is 9.47 Å². The van der Waals surface area contributed by atoms with Gasteiger partial charge in [0, 0.05) is 12.6 Å².